The number of aliphatic hydroxyl groups excluding tert-OH is 1. The Hall–Kier alpha value is -4.33. The van der Waals surface area contributed by atoms with Gasteiger partial charge in [0.15, 0.2) is 11.5 Å². The van der Waals surface area contributed by atoms with Crippen molar-refractivity contribution in [1.82, 2.24) is 9.88 Å². The number of aromatic nitrogens is 1. The van der Waals surface area contributed by atoms with E-state index in [1.54, 1.807) is 55.9 Å². The van der Waals surface area contributed by atoms with Gasteiger partial charge in [-0.15, -0.1) is 0 Å². The third-order valence-corrected chi connectivity index (χ3v) is 7.32. The zero-order chi connectivity index (χ0) is 28.2. The van der Waals surface area contributed by atoms with Crippen molar-refractivity contribution in [3.05, 3.63) is 88.8 Å². The van der Waals surface area contributed by atoms with E-state index in [0.29, 0.717) is 35.7 Å². The van der Waals surface area contributed by atoms with E-state index in [-0.39, 0.29) is 24.0 Å². The van der Waals surface area contributed by atoms with Gasteiger partial charge < -0.3 is 24.2 Å². The van der Waals surface area contributed by atoms with Crippen molar-refractivity contribution in [2.24, 2.45) is 0 Å². The monoisotopic (exact) mass is 542 g/mol. The number of methoxy groups -OCH3 is 1. The second-order valence-electron chi connectivity index (χ2n) is 10.2. The van der Waals surface area contributed by atoms with E-state index in [1.165, 1.54) is 4.90 Å². The van der Waals surface area contributed by atoms with E-state index in [4.69, 9.17) is 14.2 Å². The molecule has 1 aromatic heterocycles. The minimum atomic E-state index is -0.834. The predicted octanol–water partition coefficient (Wildman–Crippen LogP) is 5.60. The minimum absolute atomic E-state index is 0.0321. The van der Waals surface area contributed by atoms with Crippen LogP contribution >= 0.6 is 0 Å². The maximum Gasteiger partial charge on any atom is 0.295 e. The Morgan fingerprint density at radius 1 is 1.07 bits per heavy atom. The van der Waals surface area contributed by atoms with Gasteiger partial charge in [-0.05, 0) is 72.5 Å². The van der Waals surface area contributed by atoms with Crippen LogP contribution in [0.5, 0.6) is 17.2 Å². The molecule has 0 saturated carbocycles. The molecule has 3 aromatic rings. The van der Waals surface area contributed by atoms with E-state index < -0.39 is 17.7 Å². The number of likely N-dealkylation sites (tertiary alicyclic amines) is 1. The van der Waals surface area contributed by atoms with Crippen molar-refractivity contribution in [3.63, 3.8) is 0 Å². The van der Waals surface area contributed by atoms with Crippen LogP contribution in [-0.2, 0) is 22.6 Å². The number of carbonyl (C=O) groups excluding carboxylic acids is 2. The fraction of sp³-hybridized carbons (Fsp3) is 0.344. The number of benzene rings is 2. The molecule has 1 N–H and O–H groups in total. The smallest absolute Gasteiger partial charge is 0.295 e. The van der Waals surface area contributed by atoms with Gasteiger partial charge in [-0.2, -0.15) is 0 Å². The van der Waals surface area contributed by atoms with Gasteiger partial charge in [-0.3, -0.25) is 14.6 Å². The number of carbonyl (C=O) groups is 2. The maximum absolute atomic E-state index is 13.5. The number of nitrogens with zero attached hydrogens (tertiary/aromatic N) is 2. The fourth-order valence-electron chi connectivity index (χ4n) is 5.31. The average Bonchev–Trinajstić information content (AvgIpc) is 3.46. The minimum Gasteiger partial charge on any atom is -0.507 e. The number of hydrogen-bond acceptors (Lipinski definition) is 7. The van der Waals surface area contributed by atoms with Gasteiger partial charge in [0.1, 0.15) is 17.6 Å². The van der Waals surface area contributed by atoms with Crippen molar-refractivity contribution < 1.29 is 28.9 Å². The highest BCUT2D eigenvalue weighted by molar-refractivity contribution is 6.46. The highest BCUT2D eigenvalue weighted by Crippen LogP contribution is 2.43. The summed E-state index contributed by atoms with van der Waals surface area (Å²) in [6.45, 7) is 4.84. The molecule has 40 heavy (non-hydrogen) atoms. The quantitative estimate of drug-likeness (QED) is 0.154. The molecule has 208 valence electrons. The first-order valence-electron chi connectivity index (χ1n) is 13.7. The largest absolute Gasteiger partial charge is 0.507 e. The molecule has 0 aliphatic carbocycles. The highest BCUT2D eigenvalue weighted by atomic mass is 16.5. The summed E-state index contributed by atoms with van der Waals surface area (Å²) in [4.78, 5) is 32.5. The Kier molecular flexibility index (Phi) is 8.05. The zero-order valence-corrected chi connectivity index (χ0v) is 23.1. The number of rotatable bonds is 10. The average molecular weight is 543 g/mol. The van der Waals surface area contributed by atoms with Crippen molar-refractivity contribution >= 4 is 17.4 Å². The molecule has 0 unspecified atom stereocenters. The molecule has 1 amide bonds. The van der Waals surface area contributed by atoms with Crippen LogP contribution in [0.25, 0.3) is 5.76 Å². The first-order valence-corrected chi connectivity index (χ1v) is 13.7. The van der Waals surface area contributed by atoms with Crippen LogP contribution in [-0.4, -0.2) is 46.5 Å². The number of fused-ring (bicyclic) bond motifs is 1. The third-order valence-electron chi connectivity index (χ3n) is 7.32. The molecule has 8 nitrogen and oxygen atoms in total. The molecule has 0 radical (unpaired) electrons. The van der Waals surface area contributed by atoms with Crippen LogP contribution in [0.4, 0.5) is 0 Å². The van der Waals surface area contributed by atoms with Crippen LogP contribution in [0.3, 0.4) is 0 Å². The number of unbranched alkanes of at least 4 members (excludes halogenated alkanes) is 2. The molecule has 8 heteroatoms. The first kappa shape index (κ1) is 27.2. The molecule has 3 heterocycles. The Morgan fingerprint density at radius 2 is 1.88 bits per heavy atom. The van der Waals surface area contributed by atoms with Gasteiger partial charge in [-0.25, -0.2) is 0 Å². The molecule has 2 aromatic carbocycles. The standard InChI is InChI=1S/C32H34N2O6/c1-4-5-6-15-39-26-10-7-22(18-27(26)38-3)29-28(30(35)23-8-9-25-24(17-23)16-20(2)40-25)31(36)32(37)34(29)19-21-11-13-33-14-12-21/h7-14,17-18,20,29,35H,4-6,15-16,19H2,1-3H3/t20-,29+/m0/s1. The van der Waals surface area contributed by atoms with Crippen LogP contribution in [0, 0.1) is 0 Å². The Bertz CT molecular complexity index is 1430. The molecule has 0 spiro atoms. The number of amides is 1. The Morgan fingerprint density at radius 3 is 2.62 bits per heavy atom. The number of hydrogen-bond donors (Lipinski definition) is 1. The van der Waals surface area contributed by atoms with Crippen LogP contribution in [0.1, 0.15) is 61.4 Å². The normalized spacial score (nSPS) is 19.4. The summed E-state index contributed by atoms with van der Waals surface area (Å²) in [5, 5.41) is 11.5. The van der Waals surface area contributed by atoms with Gasteiger partial charge >= 0.3 is 0 Å². The Balaban J connectivity index is 1.58. The molecule has 2 atom stereocenters. The van der Waals surface area contributed by atoms with Gasteiger partial charge in [0.2, 0.25) is 0 Å². The van der Waals surface area contributed by atoms with Crippen molar-refractivity contribution in [2.45, 2.75) is 58.2 Å². The molecule has 1 fully saturated rings. The number of aliphatic hydroxyl groups is 1. The van der Waals surface area contributed by atoms with E-state index in [9.17, 15) is 14.7 Å². The molecule has 2 aliphatic rings. The Labute approximate surface area is 234 Å². The molecular formula is C32H34N2O6. The van der Waals surface area contributed by atoms with E-state index in [0.717, 1.165) is 36.1 Å². The van der Waals surface area contributed by atoms with Crippen LogP contribution in [0.2, 0.25) is 0 Å². The number of ketones is 1. The molecule has 2 aliphatic heterocycles. The molecule has 0 bridgehead atoms. The lowest BCUT2D eigenvalue weighted by atomic mass is 9.94. The van der Waals surface area contributed by atoms with E-state index >= 15 is 0 Å². The summed E-state index contributed by atoms with van der Waals surface area (Å²) in [6, 6.07) is 13.5. The zero-order valence-electron chi connectivity index (χ0n) is 23.1. The van der Waals surface area contributed by atoms with Gasteiger partial charge in [0.25, 0.3) is 11.7 Å². The summed E-state index contributed by atoms with van der Waals surface area (Å²) in [6.07, 6.45) is 7.10. The molecule has 1 saturated heterocycles. The first-order chi connectivity index (χ1) is 19.4. The summed E-state index contributed by atoms with van der Waals surface area (Å²) >= 11 is 0. The van der Waals surface area contributed by atoms with Crippen LogP contribution in [0.15, 0.2) is 66.5 Å². The lowest BCUT2D eigenvalue weighted by molar-refractivity contribution is -0.140. The van der Waals surface area contributed by atoms with Gasteiger partial charge in [0.05, 0.1) is 25.3 Å². The maximum atomic E-state index is 13.5. The van der Waals surface area contributed by atoms with Crippen molar-refractivity contribution in [3.8, 4) is 17.2 Å². The number of Topliss-reactive ketones (excluding diaryl/α,β-unsaturated/α-hetero) is 1. The molecular weight excluding hydrogens is 508 g/mol. The van der Waals surface area contributed by atoms with Gasteiger partial charge in [-0.1, -0.05) is 25.8 Å². The lowest BCUT2D eigenvalue weighted by Gasteiger charge is -2.26. The topological polar surface area (TPSA) is 98.2 Å². The summed E-state index contributed by atoms with van der Waals surface area (Å²) in [7, 11) is 1.56. The van der Waals surface area contributed by atoms with Crippen molar-refractivity contribution in [2.75, 3.05) is 13.7 Å². The third kappa shape index (κ3) is 5.39. The number of pyridine rings is 1. The summed E-state index contributed by atoms with van der Waals surface area (Å²) in [5.41, 5.74) is 2.89. The predicted molar refractivity (Wildman–Crippen MR) is 150 cm³/mol. The summed E-state index contributed by atoms with van der Waals surface area (Å²) in [5.74, 6) is 0.203. The SMILES string of the molecule is CCCCCOc1ccc([C@@H]2C(=C(O)c3ccc4c(c3)C[C@H](C)O4)C(=O)C(=O)N2Cc2ccncc2)cc1OC. The lowest BCUT2D eigenvalue weighted by Crippen LogP contribution is -2.29. The van der Waals surface area contributed by atoms with E-state index in [2.05, 4.69) is 11.9 Å². The van der Waals surface area contributed by atoms with Crippen molar-refractivity contribution in [1.29, 1.82) is 0 Å². The second kappa shape index (κ2) is 11.8. The summed E-state index contributed by atoms with van der Waals surface area (Å²) < 4.78 is 17.4. The van der Waals surface area contributed by atoms with E-state index in [1.807, 2.05) is 19.1 Å². The molecule has 5 rings (SSSR count). The van der Waals surface area contributed by atoms with Gasteiger partial charge in [0, 0.05) is 30.9 Å². The second-order valence-corrected chi connectivity index (χ2v) is 10.2. The number of ether oxygens (including phenoxy) is 3. The fourth-order valence-corrected chi connectivity index (χ4v) is 5.31. The van der Waals surface area contributed by atoms with Crippen LogP contribution < -0.4 is 14.2 Å². The highest BCUT2D eigenvalue weighted by Gasteiger charge is 2.46.